The van der Waals surface area contributed by atoms with Crippen molar-refractivity contribution in [2.75, 3.05) is 32.8 Å². The van der Waals surface area contributed by atoms with Gasteiger partial charge in [0.05, 0.1) is 18.5 Å². The SMILES string of the molecule is O=C1C2CCCCC2C(=O)N1CN1CCN(Cc2ccccc2)CC1. The number of imide groups is 1. The Morgan fingerprint density at radius 2 is 1.36 bits per heavy atom. The summed E-state index contributed by atoms with van der Waals surface area (Å²) in [6.07, 6.45) is 3.98. The number of fused-ring (bicyclic) bond motifs is 1. The number of likely N-dealkylation sites (tertiary alicyclic amines) is 1. The topological polar surface area (TPSA) is 43.9 Å². The second-order valence-corrected chi connectivity index (χ2v) is 7.62. The molecule has 2 atom stereocenters. The van der Waals surface area contributed by atoms with Crippen molar-refractivity contribution in [3.63, 3.8) is 0 Å². The molecule has 2 amide bonds. The molecule has 5 heteroatoms. The molecule has 0 aromatic heterocycles. The maximum absolute atomic E-state index is 12.6. The van der Waals surface area contributed by atoms with Gasteiger partial charge in [0, 0.05) is 32.7 Å². The molecule has 25 heavy (non-hydrogen) atoms. The fraction of sp³-hybridized carbons (Fsp3) is 0.600. The molecule has 3 aliphatic rings. The van der Waals surface area contributed by atoms with E-state index in [2.05, 4.69) is 34.1 Å². The van der Waals surface area contributed by atoms with Gasteiger partial charge < -0.3 is 0 Å². The zero-order valence-corrected chi connectivity index (χ0v) is 14.8. The molecule has 3 fully saturated rings. The zero-order valence-electron chi connectivity index (χ0n) is 14.8. The summed E-state index contributed by atoms with van der Waals surface area (Å²) in [7, 11) is 0. The van der Waals surface area contributed by atoms with Crippen molar-refractivity contribution in [3.05, 3.63) is 35.9 Å². The lowest BCUT2D eigenvalue weighted by atomic mass is 9.81. The molecule has 1 aromatic carbocycles. The Morgan fingerprint density at radius 3 is 1.96 bits per heavy atom. The highest BCUT2D eigenvalue weighted by molar-refractivity contribution is 6.05. The molecule has 134 valence electrons. The normalized spacial score (nSPS) is 28.4. The van der Waals surface area contributed by atoms with E-state index in [4.69, 9.17) is 0 Å². The van der Waals surface area contributed by atoms with Crippen molar-refractivity contribution in [3.8, 4) is 0 Å². The number of carbonyl (C=O) groups is 2. The standard InChI is InChI=1S/C20H27N3O2/c24-19-17-8-4-5-9-18(17)20(25)23(19)15-22-12-10-21(11-13-22)14-16-6-2-1-3-7-16/h1-3,6-7,17-18H,4-5,8-15H2. The van der Waals surface area contributed by atoms with Crippen LogP contribution in [0.1, 0.15) is 31.2 Å². The molecule has 4 rings (SSSR count). The third kappa shape index (κ3) is 3.48. The van der Waals surface area contributed by atoms with Crippen molar-refractivity contribution in [2.24, 2.45) is 11.8 Å². The first-order valence-corrected chi connectivity index (χ1v) is 9.56. The Kier molecular flexibility index (Phi) is 4.86. The van der Waals surface area contributed by atoms with E-state index in [9.17, 15) is 9.59 Å². The van der Waals surface area contributed by atoms with Gasteiger partial charge in [0.2, 0.25) is 11.8 Å². The second-order valence-electron chi connectivity index (χ2n) is 7.62. The van der Waals surface area contributed by atoms with Crippen LogP contribution in [-0.4, -0.2) is 59.4 Å². The third-order valence-electron chi connectivity index (χ3n) is 5.99. The molecule has 5 nitrogen and oxygen atoms in total. The lowest BCUT2D eigenvalue weighted by Gasteiger charge is -2.36. The van der Waals surface area contributed by atoms with Gasteiger partial charge in [0.25, 0.3) is 0 Å². The Bertz CT molecular complexity index is 601. The number of rotatable bonds is 4. The van der Waals surface area contributed by atoms with E-state index in [0.29, 0.717) is 6.67 Å². The average Bonchev–Trinajstić information content (AvgIpc) is 2.89. The number of benzene rings is 1. The van der Waals surface area contributed by atoms with Crippen molar-refractivity contribution in [1.29, 1.82) is 0 Å². The third-order valence-corrected chi connectivity index (χ3v) is 5.99. The summed E-state index contributed by atoms with van der Waals surface area (Å²) in [5.74, 6) is 0.115. The zero-order chi connectivity index (χ0) is 17.2. The Balaban J connectivity index is 1.30. The summed E-state index contributed by atoms with van der Waals surface area (Å²) in [5, 5.41) is 0. The number of nitrogens with zero attached hydrogens (tertiary/aromatic N) is 3. The molecule has 0 bridgehead atoms. The first-order valence-electron chi connectivity index (χ1n) is 9.56. The summed E-state index contributed by atoms with van der Waals surface area (Å²) >= 11 is 0. The molecule has 0 radical (unpaired) electrons. The van der Waals surface area contributed by atoms with Gasteiger partial charge in [-0.15, -0.1) is 0 Å². The Hall–Kier alpha value is -1.72. The van der Waals surface area contributed by atoms with E-state index in [-0.39, 0.29) is 23.7 Å². The minimum absolute atomic E-state index is 0.0272. The number of hydrogen-bond acceptors (Lipinski definition) is 4. The minimum atomic E-state index is -0.0272. The van der Waals surface area contributed by atoms with Crippen molar-refractivity contribution < 1.29 is 9.59 Å². The van der Waals surface area contributed by atoms with Crippen LogP contribution >= 0.6 is 0 Å². The fourth-order valence-corrected chi connectivity index (χ4v) is 4.50. The molecule has 1 aromatic rings. The molecule has 0 spiro atoms. The van der Waals surface area contributed by atoms with Crippen molar-refractivity contribution >= 4 is 11.8 Å². The van der Waals surface area contributed by atoms with Crippen LogP contribution in [0.2, 0.25) is 0 Å². The van der Waals surface area contributed by atoms with Crippen LogP contribution in [0.4, 0.5) is 0 Å². The van der Waals surface area contributed by atoms with Gasteiger partial charge in [0.1, 0.15) is 0 Å². The lowest BCUT2D eigenvalue weighted by molar-refractivity contribution is -0.142. The van der Waals surface area contributed by atoms with Crippen molar-refractivity contribution in [2.45, 2.75) is 32.2 Å². The predicted octanol–water partition coefficient (Wildman–Crippen LogP) is 1.94. The van der Waals surface area contributed by atoms with Crippen LogP contribution in [0.25, 0.3) is 0 Å². The summed E-state index contributed by atoms with van der Waals surface area (Å²) in [6, 6.07) is 10.5. The van der Waals surface area contributed by atoms with Gasteiger partial charge in [-0.3, -0.25) is 24.3 Å². The largest absolute Gasteiger partial charge is 0.297 e. The molecular weight excluding hydrogens is 314 g/mol. The number of hydrogen-bond donors (Lipinski definition) is 0. The van der Waals surface area contributed by atoms with E-state index < -0.39 is 0 Å². The monoisotopic (exact) mass is 341 g/mol. The summed E-state index contributed by atoms with van der Waals surface area (Å²) in [4.78, 5) is 31.4. The minimum Gasteiger partial charge on any atom is -0.297 e. The van der Waals surface area contributed by atoms with Gasteiger partial charge in [0.15, 0.2) is 0 Å². The molecule has 2 aliphatic heterocycles. The highest BCUT2D eigenvalue weighted by Crippen LogP contribution is 2.38. The summed E-state index contributed by atoms with van der Waals surface area (Å²) in [5.41, 5.74) is 1.34. The highest BCUT2D eigenvalue weighted by Gasteiger charge is 2.48. The number of amides is 2. The van der Waals surface area contributed by atoms with Crippen LogP contribution in [0, 0.1) is 11.8 Å². The summed E-state index contributed by atoms with van der Waals surface area (Å²) < 4.78 is 0. The first kappa shape index (κ1) is 16.7. The maximum Gasteiger partial charge on any atom is 0.234 e. The first-order chi connectivity index (χ1) is 12.2. The second kappa shape index (κ2) is 7.26. The van der Waals surface area contributed by atoms with Gasteiger partial charge in [-0.25, -0.2) is 0 Å². The van der Waals surface area contributed by atoms with E-state index >= 15 is 0 Å². The van der Waals surface area contributed by atoms with Gasteiger partial charge in [-0.05, 0) is 18.4 Å². The van der Waals surface area contributed by atoms with Gasteiger partial charge >= 0.3 is 0 Å². The smallest absolute Gasteiger partial charge is 0.234 e. The van der Waals surface area contributed by atoms with E-state index in [1.165, 1.54) is 5.56 Å². The molecule has 1 aliphatic carbocycles. The summed E-state index contributed by atoms with van der Waals surface area (Å²) in [6.45, 7) is 5.26. The predicted molar refractivity (Wildman–Crippen MR) is 95.5 cm³/mol. The van der Waals surface area contributed by atoms with E-state index in [1.54, 1.807) is 4.90 Å². The van der Waals surface area contributed by atoms with Crippen LogP contribution < -0.4 is 0 Å². The Morgan fingerprint density at radius 1 is 0.800 bits per heavy atom. The molecule has 1 saturated carbocycles. The van der Waals surface area contributed by atoms with Gasteiger partial charge in [-0.2, -0.15) is 0 Å². The highest BCUT2D eigenvalue weighted by atomic mass is 16.2. The maximum atomic E-state index is 12.6. The number of carbonyl (C=O) groups excluding carboxylic acids is 2. The van der Waals surface area contributed by atoms with Crippen LogP contribution in [0.3, 0.4) is 0 Å². The van der Waals surface area contributed by atoms with E-state index in [1.807, 2.05) is 6.07 Å². The quantitative estimate of drug-likeness (QED) is 0.785. The molecule has 2 unspecified atom stereocenters. The van der Waals surface area contributed by atoms with Crippen LogP contribution in [0.5, 0.6) is 0 Å². The Labute approximate surface area is 149 Å². The number of piperazine rings is 1. The van der Waals surface area contributed by atoms with Crippen LogP contribution in [0.15, 0.2) is 30.3 Å². The molecule has 0 N–H and O–H groups in total. The van der Waals surface area contributed by atoms with Crippen molar-refractivity contribution in [1.82, 2.24) is 14.7 Å². The molecule has 2 heterocycles. The van der Waals surface area contributed by atoms with Gasteiger partial charge in [-0.1, -0.05) is 43.2 Å². The van der Waals surface area contributed by atoms with Crippen LogP contribution in [-0.2, 0) is 16.1 Å². The fourth-order valence-electron chi connectivity index (χ4n) is 4.50. The average molecular weight is 341 g/mol. The molecule has 2 saturated heterocycles. The van der Waals surface area contributed by atoms with E-state index in [0.717, 1.165) is 58.4 Å². The lowest BCUT2D eigenvalue weighted by Crippen LogP contribution is -2.51. The molecular formula is C20H27N3O2.